The Morgan fingerprint density at radius 2 is 1.95 bits per heavy atom. The molecule has 2 rings (SSSR count). The molecule has 2 amide bonds. The molecule has 1 aliphatic rings. The highest BCUT2D eigenvalue weighted by Crippen LogP contribution is 2.38. The number of hydrogen-bond donors (Lipinski definition) is 0. The minimum absolute atomic E-state index is 0.277. The Hall–Kier alpha value is -1.47. The Morgan fingerprint density at radius 1 is 1.25 bits per heavy atom. The summed E-state index contributed by atoms with van der Waals surface area (Å²) in [6.45, 7) is 0. The molecule has 0 saturated carbocycles. The maximum absolute atomic E-state index is 11.8. The lowest BCUT2D eigenvalue weighted by atomic mass is 10.2. The average molecular weight is 358 g/mol. The first-order valence-electron chi connectivity index (χ1n) is 5.61. The number of nitrogens with zero attached hydrogens (tertiary/aromatic N) is 1. The number of carbonyl (C=O) groups is 2. The summed E-state index contributed by atoms with van der Waals surface area (Å²) in [5, 5.41) is -0.277. The van der Waals surface area contributed by atoms with E-state index in [0.717, 1.165) is 22.2 Å². The molecule has 1 saturated heterocycles. The van der Waals surface area contributed by atoms with Gasteiger partial charge in [0.05, 0.1) is 23.6 Å². The van der Waals surface area contributed by atoms with Crippen LogP contribution in [-0.4, -0.2) is 37.3 Å². The SMILES string of the molecule is COc1cc(/C=C2\SC(=O)N(C)C2=O)cc(Br)c1OC. The minimum atomic E-state index is -0.300. The molecule has 0 N–H and O–H groups in total. The third kappa shape index (κ3) is 2.69. The second kappa shape index (κ2) is 5.88. The van der Waals surface area contributed by atoms with Crippen LogP contribution in [0.5, 0.6) is 11.5 Å². The van der Waals surface area contributed by atoms with E-state index in [2.05, 4.69) is 15.9 Å². The van der Waals surface area contributed by atoms with Crippen molar-refractivity contribution in [2.24, 2.45) is 0 Å². The number of amides is 2. The largest absolute Gasteiger partial charge is 0.493 e. The van der Waals surface area contributed by atoms with Crippen LogP contribution in [0, 0.1) is 0 Å². The van der Waals surface area contributed by atoms with E-state index in [4.69, 9.17) is 9.47 Å². The van der Waals surface area contributed by atoms with E-state index < -0.39 is 0 Å². The number of hydrogen-bond acceptors (Lipinski definition) is 5. The Morgan fingerprint density at radius 3 is 2.45 bits per heavy atom. The third-order valence-corrected chi connectivity index (χ3v) is 4.29. The second-order valence-corrected chi connectivity index (χ2v) is 5.83. The molecule has 5 nitrogen and oxygen atoms in total. The van der Waals surface area contributed by atoms with E-state index in [1.165, 1.54) is 14.2 Å². The molecule has 0 aliphatic carbocycles. The molecule has 0 radical (unpaired) electrons. The second-order valence-electron chi connectivity index (χ2n) is 3.98. The van der Waals surface area contributed by atoms with Crippen LogP contribution < -0.4 is 9.47 Å². The molecular formula is C13H12BrNO4S. The zero-order valence-corrected chi connectivity index (χ0v) is 13.5. The van der Waals surface area contributed by atoms with Crippen molar-refractivity contribution in [3.05, 3.63) is 27.1 Å². The summed E-state index contributed by atoms with van der Waals surface area (Å²) in [7, 11) is 4.54. The molecule has 0 bridgehead atoms. The predicted molar refractivity (Wildman–Crippen MR) is 81.0 cm³/mol. The number of benzene rings is 1. The smallest absolute Gasteiger partial charge is 0.293 e. The zero-order chi connectivity index (χ0) is 14.9. The first kappa shape index (κ1) is 14.9. The number of ether oxygens (including phenoxy) is 2. The van der Waals surface area contributed by atoms with Crippen LogP contribution >= 0.6 is 27.7 Å². The van der Waals surface area contributed by atoms with E-state index in [-0.39, 0.29) is 11.1 Å². The molecular weight excluding hydrogens is 346 g/mol. The molecule has 1 aromatic rings. The Balaban J connectivity index is 2.42. The fourth-order valence-corrected chi connectivity index (χ4v) is 3.17. The molecule has 0 aromatic heterocycles. The average Bonchev–Trinajstić information content (AvgIpc) is 2.65. The van der Waals surface area contributed by atoms with Gasteiger partial charge in [0.25, 0.3) is 11.1 Å². The van der Waals surface area contributed by atoms with Gasteiger partial charge >= 0.3 is 0 Å². The first-order valence-corrected chi connectivity index (χ1v) is 7.22. The highest BCUT2D eigenvalue weighted by molar-refractivity contribution is 9.10. The Kier molecular flexibility index (Phi) is 4.39. The monoisotopic (exact) mass is 357 g/mol. The van der Waals surface area contributed by atoms with Crippen molar-refractivity contribution in [1.29, 1.82) is 0 Å². The third-order valence-electron chi connectivity index (χ3n) is 2.74. The van der Waals surface area contributed by atoms with Crippen molar-refractivity contribution >= 4 is 44.9 Å². The van der Waals surface area contributed by atoms with Gasteiger partial charge < -0.3 is 9.47 Å². The van der Waals surface area contributed by atoms with Crippen molar-refractivity contribution in [3.8, 4) is 11.5 Å². The van der Waals surface area contributed by atoms with E-state index in [0.29, 0.717) is 20.9 Å². The van der Waals surface area contributed by atoms with Gasteiger partial charge in [-0.05, 0) is 51.5 Å². The number of imide groups is 1. The molecule has 1 aromatic carbocycles. The van der Waals surface area contributed by atoms with Crippen molar-refractivity contribution in [3.63, 3.8) is 0 Å². The lowest BCUT2D eigenvalue weighted by Crippen LogP contribution is -2.22. The highest BCUT2D eigenvalue weighted by atomic mass is 79.9. The van der Waals surface area contributed by atoms with Crippen LogP contribution in [0.4, 0.5) is 4.79 Å². The Bertz CT molecular complexity index is 615. The summed E-state index contributed by atoms with van der Waals surface area (Å²) >= 11 is 4.30. The number of rotatable bonds is 3. The standard InChI is InChI=1S/C13H12BrNO4S/c1-15-12(16)10(20-13(15)17)6-7-4-8(14)11(19-3)9(5-7)18-2/h4-6H,1-3H3/b10-6-. The topological polar surface area (TPSA) is 55.8 Å². The molecule has 1 heterocycles. The van der Waals surface area contributed by atoms with E-state index in [1.54, 1.807) is 25.3 Å². The predicted octanol–water partition coefficient (Wildman–Crippen LogP) is 3.13. The van der Waals surface area contributed by atoms with Crippen LogP contribution in [0.25, 0.3) is 6.08 Å². The van der Waals surface area contributed by atoms with E-state index in [1.807, 2.05) is 0 Å². The Labute approximate surface area is 129 Å². The summed E-state index contributed by atoms with van der Waals surface area (Å²) < 4.78 is 11.2. The van der Waals surface area contributed by atoms with E-state index in [9.17, 15) is 9.59 Å². The molecule has 20 heavy (non-hydrogen) atoms. The van der Waals surface area contributed by atoms with Crippen molar-refractivity contribution in [2.45, 2.75) is 0 Å². The quantitative estimate of drug-likeness (QED) is 0.777. The van der Waals surface area contributed by atoms with Gasteiger partial charge in [0.15, 0.2) is 11.5 Å². The summed E-state index contributed by atoms with van der Waals surface area (Å²) in [5.41, 5.74) is 0.744. The van der Waals surface area contributed by atoms with Gasteiger partial charge in [-0.1, -0.05) is 0 Å². The van der Waals surface area contributed by atoms with Crippen LogP contribution in [0.1, 0.15) is 5.56 Å². The van der Waals surface area contributed by atoms with Gasteiger partial charge in [-0.2, -0.15) is 0 Å². The van der Waals surface area contributed by atoms with Gasteiger partial charge in [-0.15, -0.1) is 0 Å². The summed E-state index contributed by atoms with van der Waals surface area (Å²) in [6.07, 6.45) is 1.65. The van der Waals surface area contributed by atoms with Crippen LogP contribution in [0.15, 0.2) is 21.5 Å². The lowest BCUT2D eigenvalue weighted by Gasteiger charge is -2.10. The number of methoxy groups -OCH3 is 2. The van der Waals surface area contributed by atoms with Gasteiger partial charge in [0.1, 0.15) is 0 Å². The van der Waals surface area contributed by atoms with Gasteiger partial charge in [0.2, 0.25) is 0 Å². The molecule has 1 fully saturated rings. The molecule has 106 valence electrons. The zero-order valence-electron chi connectivity index (χ0n) is 11.1. The van der Waals surface area contributed by atoms with Crippen LogP contribution in [-0.2, 0) is 4.79 Å². The molecule has 0 unspecified atom stereocenters. The fraction of sp³-hybridized carbons (Fsp3) is 0.231. The maximum Gasteiger partial charge on any atom is 0.293 e. The molecule has 1 aliphatic heterocycles. The van der Waals surface area contributed by atoms with Gasteiger partial charge in [-0.25, -0.2) is 0 Å². The number of thioether (sulfide) groups is 1. The lowest BCUT2D eigenvalue weighted by molar-refractivity contribution is -0.121. The number of likely N-dealkylation sites (N-methyl/N-ethyl adjacent to an activating group) is 1. The van der Waals surface area contributed by atoms with Crippen molar-refractivity contribution in [2.75, 3.05) is 21.3 Å². The molecule has 0 atom stereocenters. The van der Waals surface area contributed by atoms with E-state index >= 15 is 0 Å². The first-order chi connectivity index (χ1) is 9.47. The van der Waals surface area contributed by atoms with Gasteiger partial charge in [-0.3, -0.25) is 14.5 Å². The highest BCUT2D eigenvalue weighted by Gasteiger charge is 2.31. The summed E-state index contributed by atoms with van der Waals surface area (Å²) in [4.78, 5) is 24.8. The molecule has 0 spiro atoms. The van der Waals surface area contributed by atoms with Crippen LogP contribution in [0.2, 0.25) is 0 Å². The molecule has 7 heteroatoms. The number of halogens is 1. The minimum Gasteiger partial charge on any atom is -0.493 e. The summed E-state index contributed by atoms with van der Waals surface area (Å²) in [5.74, 6) is 0.822. The fourth-order valence-electron chi connectivity index (χ4n) is 1.72. The summed E-state index contributed by atoms with van der Waals surface area (Å²) in [6, 6.07) is 3.54. The van der Waals surface area contributed by atoms with Crippen molar-refractivity contribution < 1.29 is 19.1 Å². The normalized spacial score (nSPS) is 17.0. The van der Waals surface area contributed by atoms with Crippen molar-refractivity contribution in [1.82, 2.24) is 4.90 Å². The van der Waals surface area contributed by atoms with Gasteiger partial charge in [0, 0.05) is 7.05 Å². The maximum atomic E-state index is 11.8. The number of carbonyl (C=O) groups excluding carboxylic acids is 2. The van der Waals surface area contributed by atoms with Crippen LogP contribution in [0.3, 0.4) is 0 Å².